The molecule has 3 N–H and O–H groups in total. The molecule has 2 heterocycles. The summed E-state index contributed by atoms with van der Waals surface area (Å²) in [5, 5.41) is 3.73. The third-order valence-corrected chi connectivity index (χ3v) is 3.33. The highest BCUT2D eigenvalue weighted by Crippen LogP contribution is 2.31. The summed E-state index contributed by atoms with van der Waals surface area (Å²) in [6.07, 6.45) is 1.43. The Hall–Kier alpha value is -2.73. The Balaban J connectivity index is 1.93. The van der Waals surface area contributed by atoms with Gasteiger partial charge in [0.15, 0.2) is 0 Å². The number of nitrogens with two attached hydrogens (primary N) is 1. The number of halogens is 1. The molecule has 2 aromatic heterocycles. The number of rotatable bonds is 3. The lowest BCUT2D eigenvalue weighted by Gasteiger charge is -2.02. The second kappa shape index (κ2) is 5.57. The second-order valence-electron chi connectivity index (χ2n) is 4.52. The van der Waals surface area contributed by atoms with Crippen LogP contribution in [0.1, 0.15) is 10.6 Å². The predicted molar refractivity (Wildman–Crippen MR) is 84.4 cm³/mol. The number of carbonyl (C=O) groups excluding carboxylic acids is 1. The van der Waals surface area contributed by atoms with E-state index < -0.39 is 5.91 Å². The molecule has 0 unspecified atom stereocenters. The summed E-state index contributed by atoms with van der Waals surface area (Å²) in [6, 6.07) is 8.36. The van der Waals surface area contributed by atoms with Crippen LogP contribution in [-0.2, 0) is 0 Å². The Morgan fingerprint density at radius 2 is 2.18 bits per heavy atom. The zero-order valence-corrected chi connectivity index (χ0v) is 12.3. The Labute approximate surface area is 130 Å². The number of methoxy groups -OCH3 is 1. The van der Waals surface area contributed by atoms with Crippen molar-refractivity contribution < 1.29 is 13.9 Å². The molecule has 112 valence electrons. The minimum atomic E-state index is -0.484. The quantitative estimate of drug-likeness (QED) is 0.773. The van der Waals surface area contributed by atoms with Crippen LogP contribution in [0, 0.1) is 0 Å². The number of nitrogen functional groups attached to an aromatic ring is 1. The third-order valence-electron chi connectivity index (χ3n) is 3.11. The van der Waals surface area contributed by atoms with Crippen LogP contribution in [0.15, 0.2) is 40.9 Å². The van der Waals surface area contributed by atoms with Crippen LogP contribution in [0.4, 0.5) is 11.5 Å². The van der Waals surface area contributed by atoms with E-state index in [-0.39, 0.29) is 11.4 Å². The molecular weight excluding hydrogens is 306 g/mol. The van der Waals surface area contributed by atoms with Crippen LogP contribution in [0.5, 0.6) is 5.75 Å². The van der Waals surface area contributed by atoms with E-state index in [9.17, 15) is 4.79 Å². The lowest BCUT2D eigenvalue weighted by atomic mass is 10.2. The van der Waals surface area contributed by atoms with Crippen molar-refractivity contribution in [2.24, 2.45) is 0 Å². The highest BCUT2D eigenvalue weighted by Gasteiger charge is 2.19. The molecule has 1 aromatic carbocycles. The average Bonchev–Trinajstić information content (AvgIpc) is 2.86. The minimum Gasteiger partial charge on any atom is -0.497 e. The van der Waals surface area contributed by atoms with Gasteiger partial charge in [0.25, 0.3) is 5.91 Å². The molecule has 0 aliphatic rings. The monoisotopic (exact) mass is 317 g/mol. The van der Waals surface area contributed by atoms with Gasteiger partial charge in [-0.15, -0.1) is 0 Å². The number of carbonyl (C=O) groups is 1. The van der Waals surface area contributed by atoms with E-state index in [1.807, 2.05) is 0 Å². The number of nitrogens with zero attached hydrogens (tertiary/aromatic N) is 1. The molecule has 3 aromatic rings. The maximum absolute atomic E-state index is 12.3. The Kier molecular flexibility index (Phi) is 3.60. The molecule has 1 amide bonds. The van der Waals surface area contributed by atoms with Crippen LogP contribution in [-0.4, -0.2) is 18.0 Å². The van der Waals surface area contributed by atoms with E-state index in [2.05, 4.69) is 10.3 Å². The minimum absolute atomic E-state index is 0.0278. The van der Waals surface area contributed by atoms with Crippen molar-refractivity contribution in [1.82, 2.24) is 4.98 Å². The first-order valence-electron chi connectivity index (χ1n) is 6.37. The number of hydrogen-bond donors (Lipinski definition) is 2. The number of ether oxygens (including phenoxy) is 1. The summed E-state index contributed by atoms with van der Waals surface area (Å²) in [4.78, 5) is 16.2. The maximum Gasteiger partial charge on any atom is 0.294 e. The largest absolute Gasteiger partial charge is 0.497 e. The summed E-state index contributed by atoms with van der Waals surface area (Å²) in [5.74, 6) is 0.516. The Morgan fingerprint density at radius 3 is 2.86 bits per heavy atom. The molecule has 6 nitrogen and oxygen atoms in total. The first kappa shape index (κ1) is 14.2. The van der Waals surface area contributed by atoms with Crippen molar-refractivity contribution in [2.75, 3.05) is 18.2 Å². The molecular formula is C15H12ClN3O3. The van der Waals surface area contributed by atoms with E-state index in [1.54, 1.807) is 37.4 Å². The Bertz CT molecular complexity index is 843. The predicted octanol–water partition coefficient (Wildman–Crippen LogP) is 3.32. The summed E-state index contributed by atoms with van der Waals surface area (Å²) >= 11 is 5.75. The van der Waals surface area contributed by atoms with Crippen molar-refractivity contribution >= 4 is 40.0 Å². The van der Waals surface area contributed by atoms with Gasteiger partial charge < -0.3 is 20.2 Å². The third kappa shape index (κ3) is 2.56. The Morgan fingerprint density at radius 1 is 1.36 bits per heavy atom. The fraction of sp³-hybridized carbons (Fsp3) is 0.0667. The molecule has 0 radical (unpaired) electrons. The van der Waals surface area contributed by atoms with Crippen molar-refractivity contribution in [3.8, 4) is 5.75 Å². The van der Waals surface area contributed by atoms with E-state index in [0.29, 0.717) is 27.6 Å². The molecule has 22 heavy (non-hydrogen) atoms. The first-order chi connectivity index (χ1) is 10.6. The summed E-state index contributed by atoms with van der Waals surface area (Å²) < 4.78 is 10.6. The maximum atomic E-state index is 12.3. The van der Waals surface area contributed by atoms with Crippen LogP contribution in [0.3, 0.4) is 0 Å². The molecule has 0 fully saturated rings. The fourth-order valence-electron chi connectivity index (χ4n) is 2.02. The molecule has 0 atom stereocenters. The summed E-state index contributed by atoms with van der Waals surface area (Å²) in [5.41, 5.74) is 6.72. The SMILES string of the molecule is COc1ccc2c(N)c(C(=O)Nc3ccc(Cl)cn3)oc2c1. The number of hydrogen-bond acceptors (Lipinski definition) is 5. The van der Waals surface area contributed by atoms with Gasteiger partial charge in [-0.2, -0.15) is 0 Å². The normalized spacial score (nSPS) is 10.6. The number of amides is 1. The second-order valence-corrected chi connectivity index (χ2v) is 4.96. The number of fused-ring (bicyclic) bond motifs is 1. The van der Waals surface area contributed by atoms with E-state index >= 15 is 0 Å². The summed E-state index contributed by atoms with van der Waals surface area (Å²) in [6.45, 7) is 0. The lowest BCUT2D eigenvalue weighted by molar-refractivity contribution is 0.0999. The number of nitrogens with one attached hydrogen (secondary N) is 1. The van der Waals surface area contributed by atoms with Gasteiger partial charge in [-0.1, -0.05) is 11.6 Å². The molecule has 0 spiro atoms. The van der Waals surface area contributed by atoms with Crippen LogP contribution < -0.4 is 15.8 Å². The van der Waals surface area contributed by atoms with Gasteiger partial charge >= 0.3 is 0 Å². The first-order valence-corrected chi connectivity index (χ1v) is 6.75. The van der Waals surface area contributed by atoms with E-state index in [4.69, 9.17) is 26.5 Å². The molecule has 0 saturated heterocycles. The number of anilines is 2. The van der Waals surface area contributed by atoms with Gasteiger partial charge in [0.2, 0.25) is 5.76 Å². The average molecular weight is 318 g/mol. The highest BCUT2D eigenvalue weighted by molar-refractivity contribution is 6.30. The molecule has 0 saturated carbocycles. The van der Waals surface area contributed by atoms with Crippen molar-refractivity contribution in [3.63, 3.8) is 0 Å². The van der Waals surface area contributed by atoms with Gasteiger partial charge in [-0.25, -0.2) is 4.98 Å². The number of benzene rings is 1. The number of furan rings is 1. The van der Waals surface area contributed by atoms with Gasteiger partial charge in [-0.05, 0) is 24.3 Å². The van der Waals surface area contributed by atoms with Gasteiger partial charge in [0, 0.05) is 17.6 Å². The molecule has 0 aliphatic carbocycles. The van der Waals surface area contributed by atoms with Gasteiger partial charge in [-0.3, -0.25) is 4.79 Å². The number of aromatic nitrogens is 1. The van der Waals surface area contributed by atoms with Gasteiger partial charge in [0.1, 0.15) is 17.2 Å². The van der Waals surface area contributed by atoms with Crippen LogP contribution in [0.2, 0.25) is 5.02 Å². The van der Waals surface area contributed by atoms with Crippen molar-refractivity contribution in [3.05, 3.63) is 47.3 Å². The van der Waals surface area contributed by atoms with Crippen LogP contribution >= 0.6 is 11.6 Å². The highest BCUT2D eigenvalue weighted by atomic mass is 35.5. The summed E-state index contributed by atoms with van der Waals surface area (Å²) in [7, 11) is 1.55. The standard InChI is InChI=1S/C15H12ClN3O3/c1-21-9-3-4-10-11(6-9)22-14(13(10)17)15(20)19-12-5-2-8(16)7-18-12/h2-7H,17H2,1H3,(H,18,19,20). The van der Waals surface area contributed by atoms with Crippen molar-refractivity contribution in [2.45, 2.75) is 0 Å². The van der Waals surface area contributed by atoms with E-state index in [0.717, 1.165) is 0 Å². The van der Waals surface area contributed by atoms with Crippen molar-refractivity contribution in [1.29, 1.82) is 0 Å². The molecule has 7 heteroatoms. The zero-order chi connectivity index (χ0) is 15.7. The number of pyridine rings is 1. The zero-order valence-electron chi connectivity index (χ0n) is 11.6. The van der Waals surface area contributed by atoms with Crippen LogP contribution in [0.25, 0.3) is 11.0 Å². The molecule has 0 bridgehead atoms. The smallest absolute Gasteiger partial charge is 0.294 e. The van der Waals surface area contributed by atoms with Gasteiger partial charge in [0.05, 0.1) is 17.8 Å². The topological polar surface area (TPSA) is 90.4 Å². The lowest BCUT2D eigenvalue weighted by Crippen LogP contribution is -2.13. The fourth-order valence-corrected chi connectivity index (χ4v) is 2.13. The molecule has 3 rings (SSSR count). The van der Waals surface area contributed by atoms with E-state index in [1.165, 1.54) is 6.20 Å². The molecule has 0 aliphatic heterocycles.